The van der Waals surface area contributed by atoms with Crippen LogP contribution < -0.4 is 17.0 Å². The third-order valence-electron chi connectivity index (χ3n) is 0.843. The van der Waals surface area contributed by atoms with Crippen LogP contribution in [0.1, 0.15) is 0 Å². The first-order chi connectivity index (χ1) is 5.13. The van der Waals surface area contributed by atoms with Crippen molar-refractivity contribution in [2.75, 3.05) is 0 Å². The van der Waals surface area contributed by atoms with Crippen molar-refractivity contribution in [3.63, 3.8) is 0 Å². The Hall–Kier alpha value is 0.325. The van der Waals surface area contributed by atoms with Gasteiger partial charge in [0.05, 0.1) is 10.8 Å². The summed E-state index contributed by atoms with van der Waals surface area (Å²) < 4.78 is 26.7. The van der Waals surface area contributed by atoms with Gasteiger partial charge in [0.25, 0.3) is 0 Å². The van der Waals surface area contributed by atoms with E-state index >= 15 is 0 Å². The minimum Gasteiger partial charge on any atom is -0.357 e. The molecule has 0 unspecified atom stereocenters. The molecule has 0 saturated heterocycles. The van der Waals surface area contributed by atoms with Gasteiger partial charge >= 0.3 is 59.5 Å². The first-order valence-corrected chi connectivity index (χ1v) is 6.40. The van der Waals surface area contributed by atoms with Crippen molar-refractivity contribution in [3.8, 4) is 0 Å². The molecule has 0 aliphatic heterocycles. The van der Waals surface area contributed by atoms with Crippen molar-refractivity contribution >= 4 is 3.07 Å². The van der Waals surface area contributed by atoms with Crippen molar-refractivity contribution in [3.05, 3.63) is 30.3 Å². The van der Waals surface area contributed by atoms with Crippen LogP contribution in [0.25, 0.3) is 0 Å². The molecule has 3 nitrogen and oxygen atoms in total. The van der Waals surface area contributed by atoms with Gasteiger partial charge in [0, 0.05) is 0 Å². The summed E-state index contributed by atoms with van der Waals surface area (Å²) in [4.78, 5) is 0. The minimum absolute atomic E-state index is 0.810. The second-order valence-corrected chi connectivity index (χ2v) is 5.23. The van der Waals surface area contributed by atoms with Crippen LogP contribution in [0.15, 0.2) is 30.3 Å². The van der Waals surface area contributed by atoms with E-state index in [1.807, 2.05) is 0 Å². The van der Waals surface area contributed by atoms with E-state index in [0.29, 0.717) is 0 Å². The van der Waals surface area contributed by atoms with Crippen molar-refractivity contribution in [2.45, 2.75) is 0 Å². The zero-order valence-electron chi connectivity index (χ0n) is 5.70. The summed E-state index contributed by atoms with van der Waals surface area (Å²) in [5, 5.41) is 0. The molecule has 11 heavy (non-hydrogen) atoms. The van der Waals surface area contributed by atoms with Crippen molar-refractivity contribution < 1.29 is 50.9 Å². The molecule has 0 amide bonds. The fourth-order valence-electron chi connectivity index (χ4n) is 0.478. The van der Waals surface area contributed by atoms with E-state index in [4.69, 9.17) is 14.0 Å². The Morgan fingerprint density at radius 1 is 1.00 bits per heavy atom. The van der Waals surface area contributed by atoms with E-state index in [1.54, 1.807) is 0 Å². The van der Waals surface area contributed by atoms with Gasteiger partial charge in [0.1, 0.15) is 0 Å². The molecule has 1 rings (SSSR count). The topological polar surface area (TPSA) is 69.2 Å². The molecule has 1 aromatic rings. The Morgan fingerprint density at radius 2 is 1.36 bits per heavy atom. The van der Waals surface area contributed by atoms with Crippen LogP contribution in [0.3, 0.4) is 0 Å². The van der Waals surface area contributed by atoms with Gasteiger partial charge < -0.3 is 14.0 Å². The van der Waals surface area contributed by atoms with Crippen LogP contribution in [-0.4, -0.2) is 0 Å². The normalized spacial score (nSPS) is 8.91. The number of hydrogen-bond acceptors (Lipinski definition) is 3. The molecule has 0 saturated carbocycles. The molecule has 0 spiro atoms. The van der Waals surface area contributed by atoms with Crippen LogP contribution in [0, 0.1) is 10.8 Å². The molecule has 0 aliphatic rings. The average molecular weight is 361 g/mol. The second kappa shape index (κ2) is 7.00. The molecule has 0 N–H and O–H groups in total. The molecule has 0 aromatic heterocycles. The molecule has 0 atom stereocenters. The number of hydrogen-bond donors (Lipinski definition) is 0. The zero-order chi connectivity index (χ0) is 8.69. The Balaban J connectivity index is 0.000000218. The molecule has 0 heterocycles. The second-order valence-electron chi connectivity index (χ2n) is 1.67. The smallest absolute Gasteiger partial charge is 0.0695 e. The van der Waals surface area contributed by atoms with Crippen LogP contribution in [0.4, 0.5) is 0 Å². The Kier molecular flexibility index (Phi) is 7.21. The molecule has 0 fully saturated rings. The summed E-state index contributed by atoms with van der Waals surface area (Å²) in [6, 6.07) is 10.6. The Bertz CT molecular complexity index is 178. The average Bonchev–Trinajstić information content (AvgIpc) is 1.87. The van der Waals surface area contributed by atoms with Gasteiger partial charge in [0.15, 0.2) is 0 Å². The van der Waals surface area contributed by atoms with E-state index in [1.165, 1.54) is 3.07 Å². The summed E-state index contributed by atoms with van der Waals surface area (Å²) >= 11 is 0.810. The van der Waals surface area contributed by atoms with Crippen LogP contribution in [-0.2, 0) is 26.1 Å². The van der Waals surface area contributed by atoms with Crippen LogP contribution in [0.5, 0.6) is 0 Å². The standard InChI is InChI=1S/C6H5.ClO3.Hg/c1-2-4-6-5-3-1;2-1(3)4;/h1-5H;;/q;-1;+1. The maximum Gasteiger partial charge on any atom is 0.0695 e. The predicted molar refractivity (Wildman–Crippen MR) is 26.1 cm³/mol. The fraction of sp³-hybridized carbons (Fsp3) is 0. The van der Waals surface area contributed by atoms with Gasteiger partial charge in [-0.3, -0.25) is 0 Å². The number of rotatable bonds is 0. The van der Waals surface area contributed by atoms with Crippen LogP contribution in [0.2, 0.25) is 0 Å². The monoisotopic (exact) mass is 362 g/mol. The van der Waals surface area contributed by atoms with Gasteiger partial charge in [-0.25, -0.2) is 0 Å². The Labute approximate surface area is 84.0 Å². The van der Waals surface area contributed by atoms with Gasteiger partial charge in [0.2, 0.25) is 0 Å². The SMILES string of the molecule is [Hg+][c]1ccccc1.[O-][Cl+2]([O-])[O-]. The molecule has 1 aromatic carbocycles. The Morgan fingerprint density at radius 3 is 1.55 bits per heavy atom. The number of benzene rings is 1. The maximum absolute atomic E-state index is 8.41. The van der Waals surface area contributed by atoms with E-state index in [0.717, 1.165) is 26.1 Å². The summed E-state index contributed by atoms with van der Waals surface area (Å²) in [6.07, 6.45) is 0. The molecule has 0 aliphatic carbocycles. The van der Waals surface area contributed by atoms with E-state index in [-0.39, 0.29) is 0 Å². The van der Waals surface area contributed by atoms with E-state index in [2.05, 4.69) is 30.3 Å². The summed E-state index contributed by atoms with van der Waals surface area (Å²) in [7, 11) is -2.85. The van der Waals surface area contributed by atoms with Crippen molar-refractivity contribution in [2.24, 2.45) is 0 Å². The molecule has 0 radical (unpaired) electrons. The molecule has 56 valence electrons. The first-order valence-electron chi connectivity index (χ1n) is 2.73. The maximum atomic E-state index is 8.41. The fourth-order valence-corrected chi connectivity index (χ4v) is 1.54. The van der Waals surface area contributed by atoms with Gasteiger partial charge in [-0.1, -0.05) is 0 Å². The van der Waals surface area contributed by atoms with E-state index in [9.17, 15) is 0 Å². The van der Waals surface area contributed by atoms with Crippen molar-refractivity contribution in [1.29, 1.82) is 0 Å². The third-order valence-corrected chi connectivity index (χ3v) is 2.68. The number of halogens is 1. The molecular formula is C6H5ClHgO3. The van der Waals surface area contributed by atoms with Gasteiger partial charge in [-0.2, -0.15) is 0 Å². The summed E-state index contributed by atoms with van der Waals surface area (Å²) in [5.41, 5.74) is 0. The summed E-state index contributed by atoms with van der Waals surface area (Å²) in [5.74, 6) is 0. The molecule has 5 heteroatoms. The third kappa shape index (κ3) is 10.3. The largest absolute Gasteiger partial charge is 0.357 e. The van der Waals surface area contributed by atoms with Crippen molar-refractivity contribution in [1.82, 2.24) is 0 Å². The molecular weight excluding hydrogens is 356 g/mol. The summed E-state index contributed by atoms with van der Waals surface area (Å²) in [6.45, 7) is 0. The quantitative estimate of drug-likeness (QED) is 0.472. The molecule has 0 bridgehead atoms. The first kappa shape index (κ1) is 11.3. The minimum atomic E-state index is -2.85. The van der Waals surface area contributed by atoms with Gasteiger partial charge in [-0.15, -0.1) is 0 Å². The predicted octanol–water partition coefficient (Wildman–Crippen LogP) is -2.71. The van der Waals surface area contributed by atoms with E-state index < -0.39 is 10.8 Å². The zero-order valence-corrected chi connectivity index (χ0v) is 12.0. The van der Waals surface area contributed by atoms with Gasteiger partial charge in [-0.05, 0) is 0 Å². The van der Waals surface area contributed by atoms with Crippen LogP contribution >= 0.6 is 0 Å².